The minimum Gasteiger partial charge on any atom is -0.294 e. The largest absolute Gasteiger partial charge is 0.297 e. The van der Waals surface area contributed by atoms with Crippen molar-refractivity contribution >= 4 is 15.9 Å². The molecule has 0 saturated heterocycles. The van der Waals surface area contributed by atoms with Crippen LogP contribution in [0.5, 0.6) is 0 Å². The van der Waals surface area contributed by atoms with Gasteiger partial charge in [0, 0.05) is 5.56 Å². The fourth-order valence-corrected chi connectivity index (χ4v) is 1.97. The third kappa shape index (κ3) is 2.00. The third-order valence-electron chi connectivity index (χ3n) is 1.76. The average Bonchev–Trinajstić information content (AvgIpc) is 2.18. The van der Waals surface area contributed by atoms with Crippen LogP contribution in [0, 0.1) is 0 Å². The van der Waals surface area contributed by atoms with E-state index in [0.29, 0.717) is 0 Å². The first-order chi connectivity index (χ1) is 6.49. The molecule has 0 saturated carbocycles. The van der Waals surface area contributed by atoms with Crippen molar-refractivity contribution in [2.24, 2.45) is 0 Å². The summed E-state index contributed by atoms with van der Waals surface area (Å²) in [7, 11) is -2.73. The maximum atomic E-state index is 11.4. The molecule has 0 bridgehead atoms. The van der Waals surface area contributed by atoms with E-state index in [1.54, 1.807) is 12.1 Å². The van der Waals surface area contributed by atoms with Gasteiger partial charge in [0.25, 0.3) is 10.1 Å². The number of carbonyl (C=O) groups is 1. The molecule has 0 amide bonds. The number of rotatable bonds is 3. The van der Waals surface area contributed by atoms with Gasteiger partial charge in [0.15, 0.2) is 5.78 Å². The molecule has 5 heteroatoms. The van der Waals surface area contributed by atoms with Crippen LogP contribution in [0.1, 0.15) is 17.3 Å². The Labute approximate surface area is 82.6 Å². The molecular formula is C9H10O4S. The topological polar surface area (TPSA) is 60.4 Å². The van der Waals surface area contributed by atoms with Crippen molar-refractivity contribution in [2.75, 3.05) is 7.11 Å². The van der Waals surface area contributed by atoms with E-state index in [-0.39, 0.29) is 16.2 Å². The molecule has 0 unspecified atom stereocenters. The number of Topliss-reactive ketones (excluding diaryl/α,β-unsaturated/α-hetero) is 1. The molecule has 0 heterocycles. The van der Waals surface area contributed by atoms with Crippen LogP contribution in [0.2, 0.25) is 0 Å². The first-order valence-corrected chi connectivity index (χ1v) is 5.30. The molecule has 1 aromatic rings. The quantitative estimate of drug-likeness (QED) is 0.560. The van der Waals surface area contributed by atoms with E-state index in [1.165, 1.54) is 19.1 Å². The minimum atomic E-state index is -3.79. The van der Waals surface area contributed by atoms with Gasteiger partial charge < -0.3 is 0 Å². The summed E-state index contributed by atoms with van der Waals surface area (Å²) in [5.74, 6) is -0.304. The molecule has 1 aromatic carbocycles. The van der Waals surface area contributed by atoms with Crippen LogP contribution in [-0.4, -0.2) is 21.3 Å². The molecule has 0 aliphatic carbocycles. The maximum absolute atomic E-state index is 11.4. The summed E-state index contributed by atoms with van der Waals surface area (Å²) >= 11 is 0. The number of carbonyl (C=O) groups excluding carboxylic acids is 1. The molecule has 0 N–H and O–H groups in total. The predicted octanol–water partition coefficient (Wildman–Crippen LogP) is 1.22. The van der Waals surface area contributed by atoms with Crippen molar-refractivity contribution < 1.29 is 17.4 Å². The Balaban J connectivity index is 3.42. The van der Waals surface area contributed by atoms with Gasteiger partial charge in [-0.2, -0.15) is 8.42 Å². The fraction of sp³-hybridized carbons (Fsp3) is 0.222. The summed E-state index contributed by atoms with van der Waals surface area (Å²) < 4.78 is 27.0. The number of hydrogen-bond donors (Lipinski definition) is 0. The van der Waals surface area contributed by atoms with Crippen molar-refractivity contribution in [3.05, 3.63) is 29.8 Å². The van der Waals surface area contributed by atoms with Crippen LogP contribution in [-0.2, 0) is 14.3 Å². The number of ketones is 1. The van der Waals surface area contributed by atoms with E-state index < -0.39 is 10.1 Å². The molecule has 14 heavy (non-hydrogen) atoms. The standard InChI is InChI=1S/C9H10O4S/c1-7(10)8-5-3-4-6-9(8)14(11,12)13-2/h3-6H,1-2H3. The first-order valence-electron chi connectivity index (χ1n) is 3.89. The third-order valence-corrected chi connectivity index (χ3v) is 3.09. The molecule has 76 valence electrons. The second-order valence-corrected chi connectivity index (χ2v) is 4.35. The van der Waals surface area contributed by atoms with Gasteiger partial charge in [0.05, 0.1) is 7.11 Å². The molecule has 0 spiro atoms. The Kier molecular flexibility index (Phi) is 3.03. The van der Waals surface area contributed by atoms with Crippen LogP contribution in [0.3, 0.4) is 0 Å². The van der Waals surface area contributed by atoms with Crippen LogP contribution >= 0.6 is 0 Å². The first kappa shape index (κ1) is 10.9. The van der Waals surface area contributed by atoms with Crippen LogP contribution in [0.4, 0.5) is 0 Å². The molecule has 4 nitrogen and oxygen atoms in total. The highest BCUT2D eigenvalue weighted by Gasteiger charge is 2.19. The highest BCUT2D eigenvalue weighted by molar-refractivity contribution is 7.86. The highest BCUT2D eigenvalue weighted by atomic mass is 32.2. The SMILES string of the molecule is COS(=O)(=O)c1ccccc1C(C)=O. The summed E-state index contributed by atoms with van der Waals surface area (Å²) in [4.78, 5) is 11.0. The predicted molar refractivity (Wildman–Crippen MR) is 50.6 cm³/mol. The van der Waals surface area contributed by atoms with E-state index in [2.05, 4.69) is 4.18 Å². The van der Waals surface area contributed by atoms with E-state index >= 15 is 0 Å². The van der Waals surface area contributed by atoms with Gasteiger partial charge in [-0.25, -0.2) is 0 Å². The lowest BCUT2D eigenvalue weighted by Crippen LogP contribution is -2.08. The zero-order valence-electron chi connectivity index (χ0n) is 7.85. The van der Waals surface area contributed by atoms with Crippen LogP contribution < -0.4 is 0 Å². The van der Waals surface area contributed by atoms with Gasteiger partial charge in [0.2, 0.25) is 0 Å². The average molecular weight is 214 g/mol. The molecule has 0 atom stereocenters. The molecule has 0 aliphatic rings. The van der Waals surface area contributed by atoms with Crippen molar-refractivity contribution in [1.29, 1.82) is 0 Å². The molecule has 0 radical (unpaired) electrons. The van der Waals surface area contributed by atoms with Crippen LogP contribution in [0.25, 0.3) is 0 Å². The normalized spacial score (nSPS) is 11.3. The Hall–Kier alpha value is -1.20. The monoisotopic (exact) mass is 214 g/mol. The summed E-state index contributed by atoms with van der Waals surface area (Å²) in [6.45, 7) is 1.31. The van der Waals surface area contributed by atoms with Gasteiger partial charge in [-0.15, -0.1) is 0 Å². The molecule has 0 aliphatic heterocycles. The summed E-state index contributed by atoms with van der Waals surface area (Å²) in [5, 5.41) is 0. The molecule has 0 fully saturated rings. The Morgan fingerprint density at radius 3 is 2.36 bits per heavy atom. The molecule has 1 rings (SSSR count). The Morgan fingerprint density at radius 1 is 1.29 bits per heavy atom. The number of hydrogen-bond acceptors (Lipinski definition) is 4. The molecule has 0 aromatic heterocycles. The fourth-order valence-electron chi connectivity index (χ4n) is 1.07. The van der Waals surface area contributed by atoms with Crippen molar-refractivity contribution in [3.8, 4) is 0 Å². The second kappa shape index (κ2) is 3.89. The van der Waals surface area contributed by atoms with E-state index in [4.69, 9.17) is 0 Å². The highest BCUT2D eigenvalue weighted by Crippen LogP contribution is 2.17. The minimum absolute atomic E-state index is 0.0880. The van der Waals surface area contributed by atoms with Crippen LogP contribution in [0.15, 0.2) is 29.2 Å². The smallest absolute Gasteiger partial charge is 0.294 e. The summed E-state index contributed by atoms with van der Waals surface area (Å²) in [5.41, 5.74) is 0.148. The lowest BCUT2D eigenvalue weighted by Gasteiger charge is -2.05. The van der Waals surface area contributed by atoms with Gasteiger partial charge in [-0.05, 0) is 13.0 Å². The number of benzene rings is 1. The van der Waals surface area contributed by atoms with Gasteiger partial charge >= 0.3 is 0 Å². The van der Waals surface area contributed by atoms with Gasteiger partial charge in [0.1, 0.15) is 4.90 Å². The van der Waals surface area contributed by atoms with Crippen molar-refractivity contribution in [1.82, 2.24) is 0 Å². The zero-order valence-corrected chi connectivity index (χ0v) is 8.67. The lowest BCUT2D eigenvalue weighted by molar-refractivity contribution is 0.101. The van der Waals surface area contributed by atoms with Gasteiger partial charge in [-0.1, -0.05) is 18.2 Å². The maximum Gasteiger partial charge on any atom is 0.297 e. The summed E-state index contributed by atoms with van der Waals surface area (Å²) in [6.07, 6.45) is 0. The van der Waals surface area contributed by atoms with Gasteiger partial charge in [-0.3, -0.25) is 8.98 Å². The van der Waals surface area contributed by atoms with E-state index in [1.807, 2.05) is 0 Å². The van der Waals surface area contributed by atoms with Crippen molar-refractivity contribution in [2.45, 2.75) is 11.8 Å². The lowest BCUT2D eigenvalue weighted by atomic mass is 10.1. The van der Waals surface area contributed by atoms with E-state index in [9.17, 15) is 13.2 Å². The Bertz CT molecular complexity index is 448. The Morgan fingerprint density at radius 2 is 1.86 bits per heavy atom. The van der Waals surface area contributed by atoms with E-state index in [0.717, 1.165) is 7.11 Å². The second-order valence-electron chi connectivity index (χ2n) is 2.67. The summed E-state index contributed by atoms with van der Waals surface area (Å²) in [6, 6.07) is 5.94. The molecular weight excluding hydrogens is 204 g/mol. The zero-order chi connectivity index (χ0) is 10.8. The van der Waals surface area contributed by atoms with Crippen molar-refractivity contribution in [3.63, 3.8) is 0 Å².